The van der Waals surface area contributed by atoms with Gasteiger partial charge in [-0.25, -0.2) is 23.6 Å². The Morgan fingerprint density at radius 1 is 1.00 bits per heavy atom. The van der Waals surface area contributed by atoms with Gasteiger partial charge in [0.2, 0.25) is 5.89 Å². The maximum absolute atomic E-state index is 13.6. The molecule has 0 saturated heterocycles. The Hall–Kier alpha value is -5.24. The third-order valence-electron chi connectivity index (χ3n) is 6.45. The highest BCUT2D eigenvalue weighted by Crippen LogP contribution is 2.43. The molecule has 2 aromatic carbocycles. The van der Waals surface area contributed by atoms with Crippen LogP contribution in [-0.2, 0) is 13.0 Å². The number of carbonyl (C=O) groups excluding carboxylic acids is 2. The van der Waals surface area contributed by atoms with Gasteiger partial charge in [-0.05, 0) is 66.4 Å². The molecule has 5 rings (SSSR count). The fraction of sp³-hybridized carbons (Fsp3) is 0.194. The van der Waals surface area contributed by atoms with E-state index in [9.17, 15) is 22.8 Å². The predicted octanol–water partition coefficient (Wildman–Crippen LogP) is 6.22. The fourth-order valence-electron chi connectivity index (χ4n) is 4.48. The summed E-state index contributed by atoms with van der Waals surface area (Å²) >= 11 is 1.05. The molecule has 10 nitrogen and oxygen atoms in total. The minimum atomic E-state index is -1.02. The number of aryl methyl sites for hydroxylation is 1. The molecule has 0 unspecified atom stereocenters. The Kier molecular flexibility index (Phi) is 9.13. The number of benzene rings is 2. The third-order valence-corrected chi connectivity index (χ3v) is 7.55. The van der Waals surface area contributed by atoms with E-state index < -0.39 is 29.3 Å². The summed E-state index contributed by atoms with van der Waals surface area (Å²) in [5, 5.41) is 10.8. The molecule has 232 valence electrons. The molecule has 2 amide bonds. The lowest BCUT2D eigenvalue weighted by molar-refractivity contribution is 0.0953. The van der Waals surface area contributed by atoms with E-state index in [1.165, 1.54) is 30.3 Å². The van der Waals surface area contributed by atoms with Gasteiger partial charge in [-0.2, -0.15) is 0 Å². The molecule has 0 saturated carbocycles. The Balaban J connectivity index is 1.60. The van der Waals surface area contributed by atoms with Crippen LogP contribution in [-0.4, -0.2) is 27.0 Å². The zero-order valence-electron chi connectivity index (χ0n) is 24.3. The van der Waals surface area contributed by atoms with Gasteiger partial charge in [-0.15, -0.1) is 21.5 Å². The lowest BCUT2D eigenvalue weighted by atomic mass is 9.94. The van der Waals surface area contributed by atoms with Crippen LogP contribution >= 0.6 is 11.3 Å². The summed E-state index contributed by atoms with van der Waals surface area (Å²) in [6.45, 7) is 5.44. The summed E-state index contributed by atoms with van der Waals surface area (Å²) in [6.07, 6.45) is 0.354. The van der Waals surface area contributed by atoms with Crippen LogP contribution in [0.15, 0.2) is 59.0 Å². The highest BCUT2D eigenvalue weighted by atomic mass is 32.1. The van der Waals surface area contributed by atoms with Crippen LogP contribution in [0.2, 0.25) is 0 Å². The van der Waals surface area contributed by atoms with Gasteiger partial charge >= 0.3 is 0 Å². The molecule has 0 bridgehead atoms. The smallest absolute Gasteiger partial charge is 0.261 e. The SMILES string of the molecule is Cc1nnc(-c2c(NOc3ccc(F)cc3)nc(CC(C)C)c(C(N)=O)c2-c2ccc(C(=O)NCc3ccc(F)c(F)c3)s2)o1. The zero-order chi connectivity index (χ0) is 32.2. The second-order valence-electron chi connectivity index (χ2n) is 10.4. The van der Waals surface area contributed by atoms with Gasteiger partial charge in [0.15, 0.2) is 23.2 Å². The number of hydrogen-bond donors (Lipinski definition) is 3. The van der Waals surface area contributed by atoms with Gasteiger partial charge in [0.05, 0.1) is 21.7 Å². The van der Waals surface area contributed by atoms with Gasteiger partial charge in [0.25, 0.3) is 17.7 Å². The van der Waals surface area contributed by atoms with Crippen LogP contribution in [0.5, 0.6) is 5.75 Å². The van der Waals surface area contributed by atoms with Crippen LogP contribution in [0.25, 0.3) is 21.9 Å². The van der Waals surface area contributed by atoms with Crippen molar-refractivity contribution in [1.82, 2.24) is 20.5 Å². The molecule has 0 fully saturated rings. The molecule has 0 aliphatic carbocycles. The van der Waals surface area contributed by atoms with Crippen molar-refractivity contribution in [2.75, 3.05) is 5.48 Å². The number of rotatable bonds is 11. The minimum Gasteiger partial charge on any atom is -0.421 e. The molecule has 0 atom stereocenters. The maximum Gasteiger partial charge on any atom is 0.261 e. The lowest BCUT2D eigenvalue weighted by Gasteiger charge is -2.19. The Labute approximate surface area is 259 Å². The number of nitrogens with two attached hydrogens (primary N) is 1. The minimum absolute atomic E-state index is 0.00320. The van der Waals surface area contributed by atoms with E-state index >= 15 is 0 Å². The number of hydrogen-bond acceptors (Lipinski definition) is 9. The summed E-state index contributed by atoms with van der Waals surface area (Å²) in [7, 11) is 0. The van der Waals surface area contributed by atoms with E-state index in [-0.39, 0.29) is 57.4 Å². The Morgan fingerprint density at radius 3 is 2.40 bits per heavy atom. The lowest BCUT2D eigenvalue weighted by Crippen LogP contribution is -2.21. The molecular weight excluding hydrogens is 609 g/mol. The zero-order valence-corrected chi connectivity index (χ0v) is 25.1. The predicted molar refractivity (Wildman–Crippen MR) is 161 cm³/mol. The van der Waals surface area contributed by atoms with Gasteiger partial charge in [-0.1, -0.05) is 19.9 Å². The van der Waals surface area contributed by atoms with E-state index in [0.29, 0.717) is 22.6 Å². The van der Waals surface area contributed by atoms with Crippen molar-refractivity contribution < 1.29 is 32.0 Å². The molecule has 5 aromatic rings. The number of halogens is 3. The fourth-order valence-corrected chi connectivity index (χ4v) is 5.46. The van der Waals surface area contributed by atoms with Crippen molar-refractivity contribution >= 4 is 29.0 Å². The van der Waals surface area contributed by atoms with Crippen molar-refractivity contribution in [2.45, 2.75) is 33.7 Å². The molecule has 3 heterocycles. The molecular formula is C31H27F3N6O4S. The number of carbonyl (C=O) groups is 2. The van der Waals surface area contributed by atoms with Gasteiger partial charge < -0.3 is 20.3 Å². The van der Waals surface area contributed by atoms with E-state index in [1.54, 1.807) is 19.1 Å². The third kappa shape index (κ3) is 7.12. The highest BCUT2D eigenvalue weighted by molar-refractivity contribution is 7.17. The molecule has 0 radical (unpaired) electrons. The molecule has 3 aromatic heterocycles. The quantitative estimate of drug-likeness (QED) is 0.145. The number of thiophene rings is 1. The average molecular weight is 637 g/mol. The largest absolute Gasteiger partial charge is 0.421 e. The second kappa shape index (κ2) is 13.2. The highest BCUT2D eigenvalue weighted by Gasteiger charge is 2.30. The number of pyridine rings is 1. The van der Waals surface area contributed by atoms with Gasteiger partial charge in [0.1, 0.15) is 5.82 Å². The van der Waals surface area contributed by atoms with Crippen LogP contribution in [0, 0.1) is 30.3 Å². The molecule has 4 N–H and O–H groups in total. The number of primary amides is 1. The first-order valence-corrected chi connectivity index (χ1v) is 14.5. The second-order valence-corrected chi connectivity index (χ2v) is 11.5. The Bertz CT molecular complexity index is 1870. The summed E-state index contributed by atoms with van der Waals surface area (Å²) in [5.41, 5.74) is 10.0. The van der Waals surface area contributed by atoms with Crippen molar-refractivity contribution in [3.05, 3.63) is 99.6 Å². The van der Waals surface area contributed by atoms with Gasteiger partial charge in [-0.3, -0.25) is 9.59 Å². The van der Waals surface area contributed by atoms with E-state index in [4.69, 9.17) is 15.0 Å². The monoisotopic (exact) mass is 636 g/mol. The van der Waals surface area contributed by atoms with Gasteiger partial charge in [0, 0.05) is 23.9 Å². The number of nitrogens with one attached hydrogen (secondary N) is 2. The number of nitrogens with zero attached hydrogens (tertiary/aromatic N) is 3. The molecule has 0 spiro atoms. The van der Waals surface area contributed by atoms with Crippen molar-refractivity contribution in [2.24, 2.45) is 11.7 Å². The topological polar surface area (TPSA) is 145 Å². The summed E-state index contributed by atoms with van der Waals surface area (Å²) in [6, 6.07) is 11.8. The molecule has 14 heteroatoms. The average Bonchev–Trinajstić information content (AvgIpc) is 3.66. The molecule has 0 aliphatic heterocycles. The standard InChI is InChI=1S/C31H27F3N6O4S/c1-15(2)12-22-25(28(35)41)26(23-10-11-24(45-23)30(42)36-14-17-4-9-20(33)21(34)13-17)27(31-39-38-16(3)43-31)29(37-22)40-44-19-7-5-18(32)6-8-19/h4-11,13,15H,12,14H2,1-3H3,(H2,35,41)(H,36,42)(H,37,40). The molecule has 45 heavy (non-hydrogen) atoms. The number of aromatic nitrogens is 3. The van der Waals surface area contributed by atoms with E-state index in [2.05, 4.69) is 26.0 Å². The van der Waals surface area contributed by atoms with Crippen molar-refractivity contribution in [3.63, 3.8) is 0 Å². The van der Waals surface area contributed by atoms with E-state index in [0.717, 1.165) is 23.5 Å². The van der Waals surface area contributed by atoms with Crippen molar-refractivity contribution in [1.29, 1.82) is 0 Å². The van der Waals surface area contributed by atoms with Crippen LogP contribution in [0.1, 0.15) is 51.0 Å². The number of amides is 2. The normalized spacial score (nSPS) is 11.1. The van der Waals surface area contributed by atoms with Crippen LogP contribution < -0.4 is 21.4 Å². The first-order chi connectivity index (χ1) is 21.5. The van der Waals surface area contributed by atoms with Crippen molar-refractivity contribution in [3.8, 4) is 27.6 Å². The Morgan fingerprint density at radius 2 is 1.76 bits per heavy atom. The summed E-state index contributed by atoms with van der Waals surface area (Å²) < 4.78 is 46.2. The maximum atomic E-state index is 13.6. The summed E-state index contributed by atoms with van der Waals surface area (Å²) in [4.78, 5) is 37.2. The van der Waals surface area contributed by atoms with Crippen LogP contribution in [0.4, 0.5) is 19.0 Å². The van der Waals surface area contributed by atoms with Crippen LogP contribution in [0.3, 0.4) is 0 Å². The number of anilines is 1. The first kappa shape index (κ1) is 31.2. The van der Waals surface area contributed by atoms with E-state index in [1.807, 2.05) is 13.8 Å². The molecule has 0 aliphatic rings. The summed E-state index contributed by atoms with van der Waals surface area (Å²) in [5.74, 6) is -3.04. The first-order valence-electron chi connectivity index (χ1n) is 13.7.